The van der Waals surface area contributed by atoms with E-state index in [1.165, 1.54) is 12.3 Å². The van der Waals surface area contributed by atoms with Gasteiger partial charge in [-0.15, -0.1) is 0 Å². The van der Waals surface area contributed by atoms with E-state index in [0.717, 1.165) is 30.3 Å². The highest BCUT2D eigenvalue weighted by molar-refractivity contribution is 5.30. The summed E-state index contributed by atoms with van der Waals surface area (Å²) in [7, 11) is 0. The fraction of sp³-hybridized carbons (Fsp3) is 0.154. The predicted molar refractivity (Wildman–Crippen MR) is 59.7 cm³/mol. The first-order valence-electron chi connectivity index (χ1n) is 5.35. The number of benzene rings is 1. The predicted octanol–water partition coefficient (Wildman–Crippen LogP) is 3.32. The van der Waals surface area contributed by atoms with Gasteiger partial charge in [-0.3, -0.25) is 4.98 Å². The third-order valence-corrected chi connectivity index (χ3v) is 2.60. The maximum atomic E-state index is 13.4. The summed E-state index contributed by atoms with van der Waals surface area (Å²) in [5.41, 5.74) is -0.905. The zero-order valence-electron chi connectivity index (χ0n) is 9.53. The Hall–Kier alpha value is -1.95. The van der Waals surface area contributed by atoms with Gasteiger partial charge in [-0.25, -0.2) is 4.39 Å². The van der Waals surface area contributed by atoms with Crippen LogP contribution in [0.4, 0.5) is 17.6 Å². The van der Waals surface area contributed by atoms with E-state index >= 15 is 0 Å². The lowest BCUT2D eigenvalue weighted by Crippen LogP contribution is -2.07. The molecule has 0 saturated heterocycles. The van der Waals surface area contributed by atoms with E-state index in [9.17, 15) is 22.7 Å². The standard InChI is InChI=1S/C13H9F4NO/c14-10-2-1-7-18-11(10)12(19)8-3-5-9(6-4-8)13(15,16)17/h1-7,12,19H. The number of aliphatic hydroxyl groups is 1. The normalized spacial score (nSPS) is 13.3. The lowest BCUT2D eigenvalue weighted by atomic mass is 10.0. The molecule has 0 aliphatic heterocycles. The van der Waals surface area contributed by atoms with E-state index in [4.69, 9.17) is 0 Å². The van der Waals surface area contributed by atoms with Crippen LogP contribution in [0.2, 0.25) is 0 Å². The monoisotopic (exact) mass is 271 g/mol. The first-order valence-corrected chi connectivity index (χ1v) is 5.35. The molecule has 0 saturated carbocycles. The highest BCUT2D eigenvalue weighted by Crippen LogP contribution is 2.31. The SMILES string of the molecule is OC(c1ccc(C(F)(F)F)cc1)c1ncccc1F. The van der Waals surface area contributed by atoms with Gasteiger partial charge < -0.3 is 5.11 Å². The Balaban J connectivity index is 2.31. The average Bonchev–Trinajstić information content (AvgIpc) is 2.38. The molecule has 6 heteroatoms. The first kappa shape index (κ1) is 13.5. The summed E-state index contributed by atoms with van der Waals surface area (Å²) in [6.45, 7) is 0. The third-order valence-electron chi connectivity index (χ3n) is 2.60. The molecule has 19 heavy (non-hydrogen) atoms. The lowest BCUT2D eigenvalue weighted by Gasteiger charge is -2.12. The van der Waals surface area contributed by atoms with Crippen molar-refractivity contribution in [2.24, 2.45) is 0 Å². The molecule has 2 aromatic rings. The van der Waals surface area contributed by atoms with Gasteiger partial charge in [0.25, 0.3) is 0 Å². The van der Waals surface area contributed by atoms with Crippen LogP contribution in [0.1, 0.15) is 22.9 Å². The molecular formula is C13H9F4NO. The summed E-state index contributed by atoms with van der Waals surface area (Å²) in [5, 5.41) is 9.88. The number of aliphatic hydroxyl groups excluding tert-OH is 1. The van der Waals surface area contributed by atoms with E-state index < -0.39 is 23.7 Å². The summed E-state index contributed by atoms with van der Waals surface area (Å²) >= 11 is 0. The molecule has 0 bridgehead atoms. The fourth-order valence-corrected chi connectivity index (χ4v) is 1.61. The highest BCUT2D eigenvalue weighted by atomic mass is 19.4. The van der Waals surface area contributed by atoms with Gasteiger partial charge >= 0.3 is 6.18 Å². The van der Waals surface area contributed by atoms with Crippen molar-refractivity contribution in [2.45, 2.75) is 12.3 Å². The van der Waals surface area contributed by atoms with Gasteiger partial charge in [0.1, 0.15) is 17.6 Å². The zero-order chi connectivity index (χ0) is 14.0. The van der Waals surface area contributed by atoms with Crippen LogP contribution >= 0.6 is 0 Å². The smallest absolute Gasteiger partial charge is 0.382 e. The molecule has 1 aromatic carbocycles. The van der Waals surface area contributed by atoms with E-state index in [-0.39, 0.29) is 11.3 Å². The number of aromatic nitrogens is 1. The van der Waals surface area contributed by atoms with Crippen molar-refractivity contribution in [2.75, 3.05) is 0 Å². The van der Waals surface area contributed by atoms with Gasteiger partial charge in [-0.2, -0.15) is 13.2 Å². The summed E-state index contributed by atoms with van der Waals surface area (Å²) in [6.07, 6.45) is -4.55. The molecule has 0 radical (unpaired) electrons. The number of alkyl halides is 3. The minimum absolute atomic E-state index is 0.144. The summed E-state index contributed by atoms with van der Waals surface area (Å²) in [5.74, 6) is -0.713. The highest BCUT2D eigenvalue weighted by Gasteiger charge is 2.30. The van der Waals surface area contributed by atoms with Crippen LogP contribution in [0.25, 0.3) is 0 Å². The van der Waals surface area contributed by atoms with Crippen molar-refractivity contribution < 1.29 is 22.7 Å². The Morgan fingerprint density at radius 1 is 1.05 bits per heavy atom. The van der Waals surface area contributed by atoms with Gasteiger partial charge in [0.15, 0.2) is 0 Å². The van der Waals surface area contributed by atoms with Gasteiger partial charge in [-0.05, 0) is 29.8 Å². The molecule has 1 aromatic heterocycles. The number of hydrogen-bond acceptors (Lipinski definition) is 2. The van der Waals surface area contributed by atoms with Gasteiger partial charge in [0, 0.05) is 6.20 Å². The van der Waals surface area contributed by atoms with Crippen LogP contribution < -0.4 is 0 Å². The number of nitrogens with zero attached hydrogens (tertiary/aromatic N) is 1. The molecule has 1 heterocycles. The van der Waals surface area contributed by atoms with Crippen molar-refractivity contribution in [1.29, 1.82) is 0 Å². The van der Waals surface area contributed by atoms with Crippen LogP contribution in [0.15, 0.2) is 42.6 Å². The Bertz CT molecular complexity index is 566. The quantitative estimate of drug-likeness (QED) is 0.850. The molecular weight excluding hydrogens is 262 g/mol. The summed E-state index contributed by atoms with van der Waals surface area (Å²) in [6, 6.07) is 6.34. The molecule has 0 fully saturated rings. The van der Waals surface area contributed by atoms with Crippen molar-refractivity contribution in [3.8, 4) is 0 Å². The van der Waals surface area contributed by atoms with E-state index in [0.29, 0.717) is 0 Å². The second-order valence-electron chi connectivity index (χ2n) is 3.89. The molecule has 0 aliphatic carbocycles. The maximum Gasteiger partial charge on any atom is 0.416 e. The molecule has 1 atom stereocenters. The molecule has 1 N–H and O–H groups in total. The molecule has 0 spiro atoms. The number of rotatable bonds is 2. The Morgan fingerprint density at radius 2 is 1.68 bits per heavy atom. The lowest BCUT2D eigenvalue weighted by molar-refractivity contribution is -0.137. The molecule has 2 nitrogen and oxygen atoms in total. The topological polar surface area (TPSA) is 33.1 Å². The van der Waals surface area contributed by atoms with Crippen molar-refractivity contribution in [1.82, 2.24) is 4.98 Å². The minimum Gasteiger partial charge on any atom is -0.382 e. The summed E-state index contributed by atoms with van der Waals surface area (Å²) in [4.78, 5) is 3.68. The largest absolute Gasteiger partial charge is 0.416 e. The van der Waals surface area contributed by atoms with Gasteiger partial charge in [0.05, 0.1) is 5.56 Å². The van der Waals surface area contributed by atoms with Crippen LogP contribution in [-0.4, -0.2) is 10.1 Å². The van der Waals surface area contributed by atoms with E-state index in [2.05, 4.69) is 4.98 Å². The Morgan fingerprint density at radius 3 is 2.21 bits per heavy atom. The van der Waals surface area contributed by atoms with Crippen LogP contribution in [0.5, 0.6) is 0 Å². The number of pyridine rings is 1. The fourth-order valence-electron chi connectivity index (χ4n) is 1.61. The molecule has 1 unspecified atom stereocenters. The van der Waals surface area contributed by atoms with Crippen LogP contribution in [0.3, 0.4) is 0 Å². The second-order valence-corrected chi connectivity index (χ2v) is 3.89. The molecule has 0 aliphatic rings. The van der Waals surface area contributed by atoms with Gasteiger partial charge in [-0.1, -0.05) is 12.1 Å². The summed E-state index contributed by atoms with van der Waals surface area (Å²) < 4.78 is 50.5. The second kappa shape index (κ2) is 4.97. The first-order chi connectivity index (χ1) is 8.89. The van der Waals surface area contributed by atoms with Crippen molar-refractivity contribution in [3.63, 3.8) is 0 Å². The maximum absolute atomic E-state index is 13.4. The van der Waals surface area contributed by atoms with E-state index in [1.54, 1.807) is 0 Å². The van der Waals surface area contributed by atoms with Crippen LogP contribution in [-0.2, 0) is 6.18 Å². The molecule has 100 valence electrons. The Labute approximate surface area is 106 Å². The van der Waals surface area contributed by atoms with Crippen molar-refractivity contribution >= 4 is 0 Å². The molecule has 0 amide bonds. The van der Waals surface area contributed by atoms with Gasteiger partial charge in [0.2, 0.25) is 0 Å². The average molecular weight is 271 g/mol. The van der Waals surface area contributed by atoms with Crippen molar-refractivity contribution in [3.05, 3.63) is 65.2 Å². The third kappa shape index (κ3) is 2.90. The minimum atomic E-state index is -4.44. The van der Waals surface area contributed by atoms with E-state index in [1.807, 2.05) is 0 Å². The molecule has 2 rings (SSSR count). The number of hydrogen-bond donors (Lipinski definition) is 1. The zero-order valence-corrected chi connectivity index (χ0v) is 9.53. The van der Waals surface area contributed by atoms with Crippen LogP contribution in [0, 0.1) is 5.82 Å². The Kier molecular flexibility index (Phi) is 3.53. The number of halogens is 4.